The van der Waals surface area contributed by atoms with E-state index in [-0.39, 0.29) is 0 Å². The second-order valence-electron chi connectivity index (χ2n) is 7.47. The predicted molar refractivity (Wildman–Crippen MR) is 97.3 cm³/mol. The lowest BCUT2D eigenvalue weighted by Crippen LogP contribution is -2.48. The van der Waals surface area contributed by atoms with Gasteiger partial charge in [0.1, 0.15) is 11.5 Å². The topological polar surface area (TPSA) is 32.3 Å². The number of piperidine rings is 1. The van der Waals surface area contributed by atoms with E-state index in [2.05, 4.69) is 27.9 Å². The quantitative estimate of drug-likeness (QED) is 0.813. The van der Waals surface area contributed by atoms with E-state index in [1.54, 1.807) is 6.07 Å². The number of fused-ring (bicyclic) bond motifs is 1. The maximum Gasteiger partial charge on any atom is 0.433 e. The Hall–Kier alpha value is -2.15. The van der Waals surface area contributed by atoms with Crippen LogP contribution in [0.4, 0.5) is 19.0 Å². The first-order valence-corrected chi connectivity index (χ1v) is 9.35. The summed E-state index contributed by atoms with van der Waals surface area (Å²) in [4.78, 5) is 12.8. The third-order valence-electron chi connectivity index (χ3n) is 5.80. The van der Waals surface area contributed by atoms with Crippen molar-refractivity contribution in [2.45, 2.75) is 38.5 Å². The number of rotatable bonds is 3. The van der Waals surface area contributed by atoms with Crippen LogP contribution in [-0.2, 0) is 12.7 Å². The van der Waals surface area contributed by atoms with Gasteiger partial charge in [0.15, 0.2) is 0 Å². The minimum Gasteiger partial charge on any atom is -0.355 e. The highest BCUT2D eigenvalue weighted by molar-refractivity contribution is 5.41. The molecule has 4 heterocycles. The zero-order valence-corrected chi connectivity index (χ0v) is 15.3. The summed E-state index contributed by atoms with van der Waals surface area (Å²) >= 11 is 0. The third-order valence-corrected chi connectivity index (χ3v) is 5.80. The van der Waals surface area contributed by atoms with Gasteiger partial charge in [-0.15, -0.1) is 0 Å². The van der Waals surface area contributed by atoms with Crippen molar-refractivity contribution in [1.82, 2.24) is 14.9 Å². The number of halogens is 3. The van der Waals surface area contributed by atoms with Crippen LogP contribution in [-0.4, -0.2) is 40.5 Å². The fourth-order valence-corrected chi connectivity index (χ4v) is 4.27. The highest BCUT2D eigenvalue weighted by Gasteiger charge is 2.39. The smallest absolute Gasteiger partial charge is 0.355 e. The number of likely N-dealkylation sites (tertiary alicyclic amines) is 1. The van der Waals surface area contributed by atoms with Crippen LogP contribution in [0.15, 0.2) is 36.5 Å². The van der Waals surface area contributed by atoms with Gasteiger partial charge in [-0.2, -0.15) is 13.2 Å². The van der Waals surface area contributed by atoms with Crippen molar-refractivity contribution >= 4 is 5.82 Å². The van der Waals surface area contributed by atoms with E-state index in [1.165, 1.54) is 11.6 Å². The van der Waals surface area contributed by atoms with Crippen molar-refractivity contribution in [3.05, 3.63) is 53.5 Å². The van der Waals surface area contributed by atoms with Crippen LogP contribution in [0.3, 0.4) is 0 Å². The molecule has 0 aromatic carbocycles. The Kier molecular flexibility index (Phi) is 4.80. The number of pyridine rings is 2. The molecule has 2 fully saturated rings. The van der Waals surface area contributed by atoms with Crippen molar-refractivity contribution in [2.75, 3.05) is 24.5 Å². The van der Waals surface area contributed by atoms with Gasteiger partial charge in [0.2, 0.25) is 0 Å². The molecule has 7 heteroatoms. The molecule has 2 unspecified atom stereocenters. The van der Waals surface area contributed by atoms with E-state index in [4.69, 9.17) is 0 Å². The maximum atomic E-state index is 13.0. The molecule has 0 aliphatic carbocycles. The fourth-order valence-electron chi connectivity index (χ4n) is 4.27. The van der Waals surface area contributed by atoms with Crippen LogP contribution < -0.4 is 4.90 Å². The van der Waals surface area contributed by atoms with Crippen LogP contribution >= 0.6 is 0 Å². The van der Waals surface area contributed by atoms with Gasteiger partial charge in [0, 0.05) is 31.9 Å². The Morgan fingerprint density at radius 1 is 1.11 bits per heavy atom. The molecule has 144 valence electrons. The zero-order valence-electron chi connectivity index (χ0n) is 15.3. The molecular formula is C20H23F3N4. The minimum absolute atomic E-state index is 0.330. The second kappa shape index (κ2) is 7.11. The number of aryl methyl sites for hydroxylation is 1. The summed E-state index contributed by atoms with van der Waals surface area (Å²) in [6.45, 7) is 5.33. The molecule has 2 aromatic rings. The van der Waals surface area contributed by atoms with Crippen LogP contribution in [0, 0.1) is 12.8 Å². The van der Waals surface area contributed by atoms with Crippen LogP contribution in [0.2, 0.25) is 0 Å². The molecule has 27 heavy (non-hydrogen) atoms. The summed E-state index contributed by atoms with van der Waals surface area (Å²) in [7, 11) is 0. The largest absolute Gasteiger partial charge is 0.433 e. The van der Waals surface area contributed by atoms with E-state index in [0.717, 1.165) is 44.2 Å². The maximum absolute atomic E-state index is 13.0. The van der Waals surface area contributed by atoms with E-state index in [9.17, 15) is 13.2 Å². The van der Waals surface area contributed by atoms with Crippen LogP contribution in [0.1, 0.15) is 29.8 Å². The molecule has 0 amide bonds. The molecular weight excluding hydrogens is 353 g/mol. The summed E-state index contributed by atoms with van der Waals surface area (Å²) in [5, 5.41) is 0. The predicted octanol–water partition coefficient (Wildman–Crippen LogP) is 3.90. The average molecular weight is 376 g/mol. The molecule has 2 atom stereocenters. The molecule has 4 rings (SSSR count). The lowest BCUT2D eigenvalue weighted by molar-refractivity contribution is -0.141. The first-order valence-electron chi connectivity index (χ1n) is 9.35. The van der Waals surface area contributed by atoms with Gasteiger partial charge < -0.3 is 4.90 Å². The summed E-state index contributed by atoms with van der Waals surface area (Å²) in [6.07, 6.45) is -0.472. The molecule has 4 nitrogen and oxygen atoms in total. The molecule has 2 aromatic heterocycles. The number of anilines is 1. The Balaban J connectivity index is 1.51. The highest BCUT2D eigenvalue weighted by Crippen LogP contribution is 2.35. The van der Waals surface area contributed by atoms with Gasteiger partial charge in [0.25, 0.3) is 0 Å². The molecule has 2 saturated heterocycles. The standard InChI is InChI=1S/C20H23F3N4/c1-14-4-3-9-24-16(14)12-26-10-7-15-8-11-27(13-17(15)26)19-6-2-5-18(25-19)20(21,22)23/h2-6,9,15,17H,7-8,10-13H2,1H3. The van der Waals surface area contributed by atoms with E-state index in [1.807, 2.05) is 17.2 Å². The molecule has 0 N–H and O–H groups in total. The van der Waals surface area contributed by atoms with Gasteiger partial charge in [-0.25, -0.2) is 4.98 Å². The van der Waals surface area contributed by atoms with Gasteiger partial charge in [0.05, 0.1) is 5.69 Å². The zero-order chi connectivity index (χ0) is 19.0. The highest BCUT2D eigenvalue weighted by atomic mass is 19.4. The third kappa shape index (κ3) is 3.78. The Morgan fingerprint density at radius 2 is 1.93 bits per heavy atom. The second-order valence-corrected chi connectivity index (χ2v) is 7.47. The number of alkyl halides is 3. The summed E-state index contributed by atoms with van der Waals surface area (Å²) < 4.78 is 39.0. The molecule has 0 bridgehead atoms. The van der Waals surface area contributed by atoms with Crippen molar-refractivity contribution < 1.29 is 13.2 Å². The van der Waals surface area contributed by atoms with E-state index in [0.29, 0.717) is 24.3 Å². The van der Waals surface area contributed by atoms with E-state index >= 15 is 0 Å². The Morgan fingerprint density at radius 3 is 2.70 bits per heavy atom. The first kappa shape index (κ1) is 18.2. The number of nitrogens with zero attached hydrogens (tertiary/aromatic N) is 4. The monoisotopic (exact) mass is 376 g/mol. The van der Waals surface area contributed by atoms with Gasteiger partial charge in [-0.3, -0.25) is 9.88 Å². The van der Waals surface area contributed by atoms with Crippen molar-refractivity contribution in [3.63, 3.8) is 0 Å². The number of aromatic nitrogens is 2. The van der Waals surface area contributed by atoms with Crippen molar-refractivity contribution in [3.8, 4) is 0 Å². The Bertz CT molecular complexity index is 808. The summed E-state index contributed by atoms with van der Waals surface area (Å²) in [6, 6.07) is 8.49. The first-order chi connectivity index (χ1) is 12.9. The lowest BCUT2D eigenvalue weighted by atomic mass is 9.92. The fraction of sp³-hybridized carbons (Fsp3) is 0.500. The van der Waals surface area contributed by atoms with Crippen LogP contribution in [0.5, 0.6) is 0 Å². The normalized spacial score (nSPS) is 23.5. The lowest BCUT2D eigenvalue weighted by Gasteiger charge is -2.39. The van der Waals surface area contributed by atoms with Gasteiger partial charge in [-0.05, 0) is 56.0 Å². The van der Waals surface area contributed by atoms with E-state index < -0.39 is 11.9 Å². The van der Waals surface area contributed by atoms with Crippen LogP contribution in [0.25, 0.3) is 0 Å². The number of hydrogen-bond donors (Lipinski definition) is 0. The summed E-state index contributed by atoms with van der Waals surface area (Å²) in [5.41, 5.74) is 1.43. The number of hydrogen-bond acceptors (Lipinski definition) is 4. The molecule has 2 aliphatic rings. The molecule has 0 saturated carbocycles. The van der Waals surface area contributed by atoms with Gasteiger partial charge >= 0.3 is 6.18 Å². The minimum atomic E-state index is -4.41. The van der Waals surface area contributed by atoms with Crippen molar-refractivity contribution in [1.29, 1.82) is 0 Å². The average Bonchev–Trinajstić information content (AvgIpc) is 3.05. The molecule has 0 radical (unpaired) electrons. The SMILES string of the molecule is Cc1cccnc1CN1CCC2CCN(c3cccc(C(F)(F)F)n3)CC21. The van der Waals surface area contributed by atoms with Gasteiger partial charge in [-0.1, -0.05) is 12.1 Å². The summed E-state index contributed by atoms with van der Waals surface area (Å²) in [5.74, 6) is 1.01. The van der Waals surface area contributed by atoms with Crippen molar-refractivity contribution in [2.24, 2.45) is 5.92 Å². The molecule has 2 aliphatic heterocycles. The Labute approximate surface area is 157 Å². The molecule has 0 spiro atoms.